The van der Waals surface area contributed by atoms with E-state index in [0.29, 0.717) is 18.3 Å². The van der Waals surface area contributed by atoms with Gasteiger partial charge in [0.15, 0.2) is 5.82 Å². The van der Waals surface area contributed by atoms with Crippen molar-refractivity contribution in [2.24, 2.45) is 0 Å². The van der Waals surface area contributed by atoms with Crippen molar-refractivity contribution in [3.8, 4) is 5.69 Å². The van der Waals surface area contributed by atoms with Gasteiger partial charge in [-0.2, -0.15) is 0 Å². The monoisotopic (exact) mass is 302 g/mol. The fourth-order valence-electron chi connectivity index (χ4n) is 1.49. The highest BCUT2D eigenvalue weighted by atomic mass is 35.5. The zero-order valence-electron chi connectivity index (χ0n) is 10.5. The van der Waals surface area contributed by atoms with Gasteiger partial charge in [-0.1, -0.05) is 42.3 Å². The number of halogens is 3. The molecule has 0 atom stereocenters. The molecule has 0 amide bonds. The number of nitrogens with zero attached hydrogens (tertiary/aromatic N) is 3. The molecule has 0 aliphatic rings. The van der Waals surface area contributed by atoms with Gasteiger partial charge in [0, 0.05) is 12.6 Å². The normalized spacial score (nSPS) is 11.3. The van der Waals surface area contributed by atoms with Crippen molar-refractivity contribution in [3.05, 3.63) is 39.9 Å². The van der Waals surface area contributed by atoms with Gasteiger partial charge in [0.25, 0.3) is 0 Å². The molecule has 0 unspecified atom stereocenters. The van der Waals surface area contributed by atoms with Crippen LogP contribution < -0.4 is 5.32 Å². The summed E-state index contributed by atoms with van der Waals surface area (Å²) in [6.07, 6.45) is 1.75. The molecular formula is C12H13Cl2FN4. The number of nitrogens with one attached hydrogen (secondary N) is 1. The molecule has 1 N–H and O–H groups in total. The van der Waals surface area contributed by atoms with Crippen LogP contribution in [0.4, 0.5) is 4.39 Å². The summed E-state index contributed by atoms with van der Waals surface area (Å²) in [4.78, 5) is 0. The number of hydrogen-bond donors (Lipinski definition) is 1. The van der Waals surface area contributed by atoms with Crippen molar-refractivity contribution in [2.75, 3.05) is 0 Å². The number of aromatic nitrogens is 3. The Kier molecular flexibility index (Phi) is 4.39. The zero-order chi connectivity index (χ0) is 14.0. The molecule has 0 fully saturated rings. The van der Waals surface area contributed by atoms with Crippen molar-refractivity contribution >= 4 is 23.2 Å². The minimum absolute atomic E-state index is 0.0418. The van der Waals surface area contributed by atoms with Crippen LogP contribution in [0.25, 0.3) is 5.69 Å². The Morgan fingerprint density at radius 3 is 2.53 bits per heavy atom. The van der Waals surface area contributed by atoms with E-state index < -0.39 is 5.82 Å². The topological polar surface area (TPSA) is 42.7 Å². The predicted octanol–water partition coefficient (Wildman–Crippen LogP) is 3.21. The van der Waals surface area contributed by atoms with Crippen LogP contribution in [0, 0.1) is 5.82 Å². The first kappa shape index (κ1) is 14.2. The fourth-order valence-corrected chi connectivity index (χ4v) is 1.96. The van der Waals surface area contributed by atoms with Gasteiger partial charge in [0.1, 0.15) is 0 Å². The van der Waals surface area contributed by atoms with Gasteiger partial charge >= 0.3 is 0 Å². The van der Waals surface area contributed by atoms with Crippen molar-refractivity contribution in [1.29, 1.82) is 0 Å². The largest absolute Gasteiger partial charge is 0.309 e. The van der Waals surface area contributed by atoms with Crippen LogP contribution in [0.2, 0.25) is 10.0 Å². The van der Waals surface area contributed by atoms with Gasteiger partial charge in [0.05, 0.1) is 27.6 Å². The average molecular weight is 303 g/mol. The second-order valence-electron chi connectivity index (χ2n) is 4.41. The molecule has 0 aliphatic carbocycles. The molecule has 4 nitrogen and oxygen atoms in total. The van der Waals surface area contributed by atoms with Crippen LogP contribution in [0.3, 0.4) is 0 Å². The maximum Gasteiger partial charge on any atom is 0.160 e. The molecule has 0 saturated carbocycles. The molecule has 1 aromatic carbocycles. The molecule has 19 heavy (non-hydrogen) atoms. The van der Waals surface area contributed by atoms with Crippen molar-refractivity contribution in [3.63, 3.8) is 0 Å². The summed E-state index contributed by atoms with van der Waals surface area (Å²) in [5.41, 5.74) is 1.35. The standard InChI is InChI=1S/C12H13Cl2FN4/c1-7(2)16-5-8-6-19(18-17-8)9-3-10(13)12(15)11(14)4-9/h3-4,6-7,16H,5H2,1-2H3. The Morgan fingerprint density at radius 1 is 1.32 bits per heavy atom. The van der Waals surface area contributed by atoms with E-state index in [4.69, 9.17) is 23.2 Å². The van der Waals surface area contributed by atoms with Crippen molar-refractivity contribution < 1.29 is 4.39 Å². The molecule has 1 aromatic heterocycles. The third-order valence-electron chi connectivity index (χ3n) is 2.47. The summed E-state index contributed by atoms with van der Waals surface area (Å²) < 4.78 is 14.8. The molecule has 0 saturated heterocycles. The van der Waals surface area contributed by atoms with E-state index in [-0.39, 0.29) is 10.0 Å². The van der Waals surface area contributed by atoms with Crippen LogP contribution in [0.1, 0.15) is 19.5 Å². The lowest BCUT2D eigenvalue weighted by Crippen LogP contribution is -2.21. The highest BCUT2D eigenvalue weighted by Crippen LogP contribution is 2.26. The quantitative estimate of drug-likeness (QED) is 0.882. The van der Waals surface area contributed by atoms with Gasteiger partial charge in [-0.05, 0) is 12.1 Å². The summed E-state index contributed by atoms with van der Waals surface area (Å²) in [6.45, 7) is 4.70. The highest BCUT2D eigenvalue weighted by Gasteiger charge is 2.10. The predicted molar refractivity (Wildman–Crippen MR) is 73.3 cm³/mol. The minimum Gasteiger partial charge on any atom is -0.309 e. The SMILES string of the molecule is CC(C)NCc1cn(-c2cc(Cl)c(F)c(Cl)c2)nn1. The number of hydrogen-bond acceptors (Lipinski definition) is 3. The molecule has 2 rings (SSSR count). The molecule has 7 heteroatoms. The Bertz CT molecular complexity index is 560. The summed E-state index contributed by atoms with van der Waals surface area (Å²) >= 11 is 11.5. The molecule has 0 aliphatic heterocycles. The highest BCUT2D eigenvalue weighted by molar-refractivity contribution is 6.35. The van der Waals surface area contributed by atoms with E-state index in [1.807, 2.05) is 13.8 Å². The zero-order valence-corrected chi connectivity index (χ0v) is 12.0. The molecule has 2 aromatic rings. The summed E-state index contributed by atoms with van der Waals surface area (Å²) in [6, 6.07) is 3.27. The van der Waals surface area contributed by atoms with E-state index in [0.717, 1.165) is 5.69 Å². The molecular weight excluding hydrogens is 290 g/mol. The third kappa shape index (κ3) is 3.43. The average Bonchev–Trinajstić information content (AvgIpc) is 2.81. The van der Waals surface area contributed by atoms with Crippen molar-refractivity contribution in [1.82, 2.24) is 20.3 Å². The van der Waals surface area contributed by atoms with Gasteiger partial charge in [-0.15, -0.1) is 5.10 Å². The van der Waals surface area contributed by atoms with Gasteiger partial charge < -0.3 is 5.32 Å². The molecule has 0 spiro atoms. The van der Waals surface area contributed by atoms with Gasteiger partial charge in [-0.25, -0.2) is 9.07 Å². The Hall–Kier alpha value is -1.17. The van der Waals surface area contributed by atoms with Gasteiger partial charge in [-0.3, -0.25) is 0 Å². The Balaban J connectivity index is 2.23. The first-order valence-electron chi connectivity index (χ1n) is 5.77. The minimum atomic E-state index is -0.631. The third-order valence-corrected chi connectivity index (χ3v) is 3.02. The number of rotatable bonds is 4. The molecule has 102 valence electrons. The van der Waals surface area contributed by atoms with E-state index >= 15 is 0 Å². The van der Waals surface area contributed by atoms with E-state index in [1.165, 1.54) is 16.8 Å². The summed E-state index contributed by atoms with van der Waals surface area (Å²) in [7, 11) is 0. The van der Waals surface area contributed by atoms with Crippen LogP contribution >= 0.6 is 23.2 Å². The molecule has 0 bridgehead atoms. The van der Waals surface area contributed by atoms with Crippen LogP contribution in [-0.4, -0.2) is 21.0 Å². The lowest BCUT2D eigenvalue weighted by atomic mass is 10.3. The second-order valence-corrected chi connectivity index (χ2v) is 5.23. The first-order valence-corrected chi connectivity index (χ1v) is 6.52. The number of benzene rings is 1. The van der Waals surface area contributed by atoms with Gasteiger partial charge in [0.2, 0.25) is 0 Å². The lowest BCUT2D eigenvalue weighted by molar-refractivity contribution is 0.580. The summed E-state index contributed by atoms with van der Waals surface area (Å²) in [5, 5.41) is 11.1. The maximum absolute atomic E-state index is 13.3. The molecule has 1 heterocycles. The van der Waals surface area contributed by atoms with Crippen LogP contribution in [0.15, 0.2) is 18.3 Å². The maximum atomic E-state index is 13.3. The van der Waals surface area contributed by atoms with Crippen molar-refractivity contribution in [2.45, 2.75) is 26.4 Å². The van der Waals surface area contributed by atoms with Crippen LogP contribution in [0.5, 0.6) is 0 Å². The summed E-state index contributed by atoms with van der Waals surface area (Å²) in [5.74, 6) is -0.631. The van der Waals surface area contributed by atoms with E-state index in [2.05, 4.69) is 15.6 Å². The Labute approximate surface area is 120 Å². The van der Waals surface area contributed by atoms with Crippen LogP contribution in [-0.2, 0) is 6.54 Å². The first-order chi connectivity index (χ1) is 8.97. The van der Waals surface area contributed by atoms with E-state index in [9.17, 15) is 4.39 Å². The smallest absolute Gasteiger partial charge is 0.160 e. The fraction of sp³-hybridized carbons (Fsp3) is 0.333. The molecule has 0 radical (unpaired) electrons. The lowest BCUT2D eigenvalue weighted by Gasteiger charge is -2.05. The van der Waals surface area contributed by atoms with E-state index in [1.54, 1.807) is 6.20 Å². The second kappa shape index (κ2) is 5.86. The Morgan fingerprint density at radius 2 is 1.95 bits per heavy atom.